The normalized spacial score (nSPS) is 12.7. The third-order valence-electron chi connectivity index (χ3n) is 3.03. The van der Waals surface area contributed by atoms with E-state index in [4.69, 9.17) is 4.74 Å². The van der Waals surface area contributed by atoms with E-state index in [0.29, 0.717) is 5.56 Å². The van der Waals surface area contributed by atoms with Crippen LogP contribution in [-0.4, -0.2) is 28.3 Å². The smallest absolute Gasteiger partial charge is 0.419 e. The SMILES string of the molecule is CC(COc1ccccc1C(F)(F)F)NC(=O)c1cnn(C)c1. The second-order valence-corrected chi connectivity index (χ2v) is 5.08. The first-order chi connectivity index (χ1) is 10.8. The molecule has 1 heterocycles. The Morgan fingerprint density at radius 1 is 1.39 bits per heavy atom. The van der Waals surface area contributed by atoms with E-state index in [0.717, 1.165) is 6.07 Å². The van der Waals surface area contributed by atoms with Crippen LogP contribution in [0.3, 0.4) is 0 Å². The number of benzene rings is 1. The van der Waals surface area contributed by atoms with Gasteiger partial charge in [-0.15, -0.1) is 0 Å². The molecule has 0 aliphatic rings. The summed E-state index contributed by atoms with van der Waals surface area (Å²) >= 11 is 0. The maximum atomic E-state index is 12.8. The predicted octanol–water partition coefficient (Wildman–Crippen LogP) is 2.64. The highest BCUT2D eigenvalue weighted by Crippen LogP contribution is 2.35. The Hall–Kier alpha value is -2.51. The van der Waals surface area contributed by atoms with Gasteiger partial charge in [-0.2, -0.15) is 18.3 Å². The molecule has 0 fully saturated rings. The number of rotatable bonds is 5. The van der Waals surface area contributed by atoms with Crippen LogP contribution in [0.1, 0.15) is 22.8 Å². The molecule has 0 saturated carbocycles. The van der Waals surface area contributed by atoms with Crippen LogP contribution in [0, 0.1) is 0 Å². The molecular formula is C15H16F3N3O2. The zero-order valence-corrected chi connectivity index (χ0v) is 12.6. The number of aromatic nitrogens is 2. The highest BCUT2D eigenvalue weighted by Gasteiger charge is 2.34. The highest BCUT2D eigenvalue weighted by atomic mass is 19.4. The molecule has 1 amide bonds. The Balaban J connectivity index is 1.95. The first kappa shape index (κ1) is 16.9. The summed E-state index contributed by atoms with van der Waals surface area (Å²) in [5.41, 5.74) is -0.471. The lowest BCUT2D eigenvalue weighted by atomic mass is 10.2. The standard InChI is InChI=1S/C15H16F3N3O2/c1-10(20-14(22)11-7-19-21(2)8-11)9-23-13-6-4-3-5-12(13)15(16,17)18/h3-8,10H,9H2,1-2H3,(H,20,22). The summed E-state index contributed by atoms with van der Waals surface area (Å²) in [6.07, 6.45) is -1.54. The van der Waals surface area contributed by atoms with Crippen molar-refractivity contribution in [3.8, 4) is 5.75 Å². The van der Waals surface area contributed by atoms with Crippen LogP contribution in [0.2, 0.25) is 0 Å². The van der Waals surface area contributed by atoms with E-state index in [1.807, 2.05) is 0 Å². The van der Waals surface area contributed by atoms with E-state index >= 15 is 0 Å². The molecule has 1 aromatic heterocycles. The molecule has 8 heteroatoms. The molecule has 1 unspecified atom stereocenters. The summed E-state index contributed by atoms with van der Waals surface area (Å²) in [5, 5.41) is 6.52. The summed E-state index contributed by atoms with van der Waals surface area (Å²) in [6.45, 7) is 1.56. The van der Waals surface area contributed by atoms with E-state index in [-0.39, 0.29) is 18.3 Å². The largest absolute Gasteiger partial charge is 0.491 e. The number of hydrogen-bond donors (Lipinski definition) is 1. The minimum absolute atomic E-state index is 0.0842. The Bertz CT molecular complexity index is 683. The summed E-state index contributed by atoms with van der Waals surface area (Å²) in [4.78, 5) is 11.9. The molecule has 0 bridgehead atoms. The van der Waals surface area contributed by atoms with Crippen LogP contribution in [0.4, 0.5) is 13.2 Å². The number of hydrogen-bond acceptors (Lipinski definition) is 3. The van der Waals surface area contributed by atoms with Gasteiger partial charge in [0, 0.05) is 13.2 Å². The second-order valence-electron chi connectivity index (χ2n) is 5.08. The number of nitrogens with zero attached hydrogens (tertiary/aromatic N) is 2. The minimum Gasteiger partial charge on any atom is -0.491 e. The molecule has 124 valence electrons. The number of amides is 1. The maximum Gasteiger partial charge on any atom is 0.419 e. The van der Waals surface area contributed by atoms with Crippen LogP contribution in [0.5, 0.6) is 5.75 Å². The number of halogens is 3. The van der Waals surface area contributed by atoms with Crippen molar-refractivity contribution in [3.05, 3.63) is 47.8 Å². The van der Waals surface area contributed by atoms with Gasteiger partial charge in [0.1, 0.15) is 12.4 Å². The number of carbonyl (C=O) groups is 1. The highest BCUT2D eigenvalue weighted by molar-refractivity contribution is 5.93. The number of alkyl halides is 3. The third kappa shape index (κ3) is 4.48. The molecule has 5 nitrogen and oxygen atoms in total. The first-order valence-electron chi connectivity index (χ1n) is 6.86. The third-order valence-corrected chi connectivity index (χ3v) is 3.03. The van der Waals surface area contributed by atoms with Crippen LogP contribution in [0.15, 0.2) is 36.7 Å². The maximum absolute atomic E-state index is 12.8. The van der Waals surface area contributed by atoms with Gasteiger partial charge in [0.2, 0.25) is 0 Å². The van der Waals surface area contributed by atoms with Crippen LogP contribution >= 0.6 is 0 Å². The number of ether oxygens (including phenoxy) is 1. The van der Waals surface area contributed by atoms with Gasteiger partial charge >= 0.3 is 6.18 Å². The quantitative estimate of drug-likeness (QED) is 0.918. The molecule has 0 radical (unpaired) electrons. The monoisotopic (exact) mass is 327 g/mol. The number of nitrogens with one attached hydrogen (secondary N) is 1. The average Bonchev–Trinajstić information content (AvgIpc) is 2.91. The number of carbonyl (C=O) groups excluding carboxylic acids is 1. The van der Waals surface area contributed by atoms with Gasteiger partial charge in [-0.05, 0) is 19.1 Å². The molecule has 2 aromatic rings. The lowest BCUT2D eigenvalue weighted by Crippen LogP contribution is -2.36. The lowest BCUT2D eigenvalue weighted by Gasteiger charge is -2.17. The van der Waals surface area contributed by atoms with Crippen molar-refractivity contribution in [1.82, 2.24) is 15.1 Å². The first-order valence-corrected chi connectivity index (χ1v) is 6.86. The topological polar surface area (TPSA) is 56.1 Å². The van der Waals surface area contributed by atoms with Gasteiger partial charge in [-0.3, -0.25) is 9.48 Å². The molecule has 1 atom stereocenters. The van der Waals surface area contributed by atoms with E-state index < -0.39 is 17.8 Å². The average molecular weight is 327 g/mol. The van der Waals surface area contributed by atoms with E-state index in [9.17, 15) is 18.0 Å². The lowest BCUT2D eigenvalue weighted by molar-refractivity contribution is -0.139. The molecule has 1 N–H and O–H groups in total. The summed E-state index contributed by atoms with van der Waals surface area (Å²) in [7, 11) is 1.68. The molecule has 0 saturated heterocycles. The summed E-state index contributed by atoms with van der Waals surface area (Å²) < 4.78 is 45.2. The zero-order valence-electron chi connectivity index (χ0n) is 12.6. The van der Waals surface area contributed by atoms with Gasteiger partial charge in [0.05, 0.1) is 23.4 Å². The second kappa shape index (κ2) is 6.72. The van der Waals surface area contributed by atoms with Crippen molar-refractivity contribution in [3.63, 3.8) is 0 Å². The molecule has 0 spiro atoms. The summed E-state index contributed by atoms with van der Waals surface area (Å²) in [5.74, 6) is -0.624. The van der Waals surface area contributed by atoms with Crippen LogP contribution in [-0.2, 0) is 13.2 Å². The Morgan fingerprint density at radius 3 is 2.70 bits per heavy atom. The van der Waals surface area contributed by atoms with Crippen molar-refractivity contribution in [2.45, 2.75) is 19.1 Å². The van der Waals surface area contributed by atoms with E-state index in [2.05, 4.69) is 10.4 Å². The predicted molar refractivity (Wildman–Crippen MR) is 77.1 cm³/mol. The summed E-state index contributed by atoms with van der Waals surface area (Å²) in [6, 6.07) is 4.49. The van der Waals surface area contributed by atoms with Crippen molar-refractivity contribution in [2.75, 3.05) is 6.61 Å². The van der Waals surface area contributed by atoms with Crippen LogP contribution in [0.25, 0.3) is 0 Å². The van der Waals surface area contributed by atoms with E-state index in [1.165, 1.54) is 29.1 Å². The van der Waals surface area contributed by atoms with Gasteiger partial charge in [-0.25, -0.2) is 0 Å². The van der Waals surface area contributed by atoms with Crippen LogP contribution < -0.4 is 10.1 Å². The minimum atomic E-state index is -4.49. The molecule has 0 aliphatic carbocycles. The number of para-hydroxylation sites is 1. The van der Waals surface area contributed by atoms with Gasteiger partial charge in [-0.1, -0.05) is 12.1 Å². The fourth-order valence-electron chi connectivity index (χ4n) is 1.93. The Labute approximate surface area is 131 Å². The number of aryl methyl sites for hydroxylation is 1. The molecule has 2 rings (SSSR count). The van der Waals surface area contributed by atoms with Crippen molar-refractivity contribution in [1.29, 1.82) is 0 Å². The van der Waals surface area contributed by atoms with Gasteiger partial charge in [0.15, 0.2) is 0 Å². The zero-order chi connectivity index (χ0) is 17.0. The molecular weight excluding hydrogens is 311 g/mol. The fourth-order valence-corrected chi connectivity index (χ4v) is 1.93. The Morgan fingerprint density at radius 2 is 2.09 bits per heavy atom. The van der Waals surface area contributed by atoms with Gasteiger partial charge in [0.25, 0.3) is 5.91 Å². The van der Waals surface area contributed by atoms with Crippen molar-refractivity contribution < 1.29 is 22.7 Å². The van der Waals surface area contributed by atoms with E-state index in [1.54, 1.807) is 20.2 Å². The Kier molecular flexibility index (Phi) is 4.92. The van der Waals surface area contributed by atoms with Gasteiger partial charge < -0.3 is 10.1 Å². The molecule has 0 aliphatic heterocycles. The van der Waals surface area contributed by atoms with Crippen molar-refractivity contribution in [2.24, 2.45) is 7.05 Å². The molecule has 23 heavy (non-hydrogen) atoms. The molecule has 1 aromatic carbocycles. The fraction of sp³-hybridized carbons (Fsp3) is 0.333. The van der Waals surface area contributed by atoms with Crippen molar-refractivity contribution >= 4 is 5.91 Å².